The van der Waals surface area contributed by atoms with E-state index in [1.165, 1.54) is 4.88 Å². The SMILES string of the molecule is O=C(NCCc1cccs1)C1CCCN(c2nc3ccccc3[nH]2)C1. The zero-order valence-corrected chi connectivity index (χ0v) is 14.9. The first-order valence-corrected chi connectivity index (χ1v) is 9.67. The Balaban J connectivity index is 1.36. The fourth-order valence-electron chi connectivity index (χ4n) is 3.38. The number of fused-ring (bicyclic) bond motifs is 1. The van der Waals surface area contributed by atoms with Gasteiger partial charge in [-0.05, 0) is 42.8 Å². The molecule has 1 atom stereocenters. The molecule has 3 heterocycles. The van der Waals surface area contributed by atoms with Gasteiger partial charge in [0.1, 0.15) is 0 Å². The Morgan fingerprint density at radius 1 is 1.32 bits per heavy atom. The third-order valence-corrected chi connectivity index (χ3v) is 5.66. The molecule has 0 bridgehead atoms. The fraction of sp³-hybridized carbons (Fsp3) is 0.368. The van der Waals surface area contributed by atoms with Crippen LogP contribution in [0.2, 0.25) is 0 Å². The van der Waals surface area contributed by atoms with Gasteiger partial charge in [-0.1, -0.05) is 18.2 Å². The summed E-state index contributed by atoms with van der Waals surface area (Å²) in [5.41, 5.74) is 2.01. The summed E-state index contributed by atoms with van der Waals surface area (Å²) in [5.74, 6) is 1.07. The molecule has 2 N–H and O–H groups in total. The number of H-pyrrole nitrogens is 1. The number of carbonyl (C=O) groups is 1. The molecule has 0 saturated carbocycles. The third-order valence-electron chi connectivity index (χ3n) is 4.72. The molecule has 130 valence electrons. The number of thiophene rings is 1. The lowest BCUT2D eigenvalue weighted by molar-refractivity contribution is -0.125. The van der Waals surface area contributed by atoms with Crippen LogP contribution in [-0.2, 0) is 11.2 Å². The quantitative estimate of drug-likeness (QED) is 0.740. The Kier molecular flexibility index (Phi) is 4.70. The van der Waals surface area contributed by atoms with E-state index >= 15 is 0 Å². The van der Waals surface area contributed by atoms with Gasteiger partial charge in [-0.3, -0.25) is 4.79 Å². The number of aromatic amines is 1. The Hall–Kier alpha value is -2.34. The number of rotatable bonds is 5. The molecule has 1 fully saturated rings. The van der Waals surface area contributed by atoms with Crippen molar-refractivity contribution in [2.24, 2.45) is 5.92 Å². The first kappa shape index (κ1) is 16.1. The second-order valence-corrected chi connectivity index (χ2v) is 7.52. The van der Waals surface area contributed by atoms with Gasteiger partial charge in [0.15, 0.2) is 0 Å². The van der Waals surface area contributed by atoms with Gasteiger partial charge in [0, 0.05) is 24.5 Å². The molecule has 1 unspecified atom stereocenters. The smallest absolute Gasteiger partial charge is 0.224 e. The molecular formula is C19H22N4OS. The minimum Gasteiger partial charge on any atom is -0.355 e. The molecule has 3 aromatic rings. The number of anilines is 1. The highest BCUT2D eigenvalue weighted by atomic mass is 32.1. The van der Waals surface area contributed by atoms with Crippen LogP contribution in [-0.4, -0.2) is 35.5 Å². The van der Waals surface area contributed by atoms with Crippen molar-refractivity contribution in [1.82, 2.24) is 15.3 Å². The average Bonchev–Trinajstić information content (AvgIpc) is 3.31. The summed E-state index contributed by atoms with van der Waals surface area (Å²) in [6, 6.07) is 12.2. The maximum Gasteiger partial charge on any atom is 0.224 e. The predicted octanol–water partition coefficient (Wildman–Crippen LogP) is 3.20. The van der Waals surface area contributed by atoms with Gasteiger partial charge in [0.25, 0.3) is 0 Å². The Labute approximate surface area is 151 Å². The van der Waals surface area contributed by atoms with Crippen molar-refractivity contribution in [3.8, 4) is 0 Å². The van der Waals surface area contributed by atoms with E-state index in [0.29, 0.717) is 6.54 Å². The van der Waals surface area contributed by atoms with Crippen molar-refractivity contribution in [3.63, 3.8) is 0 Å². The lowest BCUT2D eigenvalue weighted by Gasteiger charge is -2.31. The molecule has 0 spiro atoms. The Morgan fingerprint density at radius 2 is 2.24 bits per heavy atom. The van der Waals surface area contributed by atoms with Crippen molar-refractivity contribution >= 4 is 34.2 Å². The van der Waals surface area contributed by atoms with Gasteiger partial charge in [-0.2, -0.15) is 0 Å². The molecule has 2 aromatic heterocycles. The normalized spacial score (nSPS) is 17.8. The minimum atomic E-state index is 0.0327. The van der Waals surface area contributed by atoms with E-state index in [1.807, 2.05) is 30.3 Å². The number of hydrogen-bond donors (Lipinski definition) is 2. The Bertz CT molecular complexity index is 809. The number of nitrogens with one attached hydrogen (secondary N) is 2. The second kappa shape index (κ2) is 7.27. The highest BCUT2D eigenvalue weighted by molar-refractivity contribution is 7.09. The maximum atomic E-state index is 12.5. The predicted molar refractivity (Wildman–Crippen MR) is 102 cm³/mol. The minimum absolute atomic E-state index is 0.0327. The molecule has 1 aliphatic heterocycles. The average molecular weight is 354 g/mol. The summed E-state index contributed by atoms with van der Waals surface area (Å²) in [5, 5.41) is 5.17. The molecular weight excluding hydrogens is 332 g/mol. The number of hydrogen-bond acceptors (Lipinski definition) is 4. The molecule has 1 aromatic carbocycles. The largest absolute Gasteiger partial charge is 0.355 e. The van der Waals surface area contributed by atoms with Crippen LogP contribution in [0.4, 0.5) is 5.95 Å². The van der Waals surface area contributed by atoms with Gasteiger partial charge in [-0.15, -0.1) is 11.3 Å². The van der Waals surface area contributed by atoms with Crippen molar-refractivity contribution in [1.29, 1.82) is 0 Å². The third kappa shape index (κ3) is 3.69. The number of benzene rings is 1. The summed E-state index contributed by atoms with van der Waals surface area (Å²) < 4.78 is 0. The van der Waals surface area contributed by atoms with E-state index in [0.717, 1.165) is 49.3 Å². The van der Waals surface area contributed by atoms with Crippen LogP contribution in [0.3, 0.4) is 0 Å². The molecule has 6 heteroatoms. The van der Waals surface area contributed by atoms with E-state index in [4.69, 9.17) is 0 Å². The van der Waals surface area contributed by atoms with Gasteiger partial charge in [0.2, 0.25) is 11.9 Å². The van der Waals surface area contributed by atoms with Gasteiger partial charge in [0.05, 0.1) is 17.0 Å². The van der Waals surface area contributed by atoms with Crippen LogP contribution >= 0.6 is 11.3 Å². The maximum absolute atomic E-state index is 12.5. The zero-order valence-electron chi connectivity index (χ0n) is 14.1. The summed E-state index contributed by atoms with van der Waals surface area (Å²) in [7, 11) is 0. The number of piperidine rings is 1. The second-order valence-electron chi connectivity index (χ2n) is 6.48. The van der Waals surface area contributed by atoms with Crippen LogP contribution in [0, 0.1) is 5.92 Å². The van der Waals surface area contributed by atoms with E-state index < -0.39 is 0 Å². The highest BCUT2D eigenvalue weighted by Crippen LogP contribution is 2.23. The number of aromatic nitrogens is 2. The number of imidazole rings is 1. The van der Waals surface area contributed by atoms with Crippen LogP contribution in [0.5, 0.6) is 0 Å². The first-order valence-electron chi connectivity index (χ1n) is 8.79. The molecule has 0 radical (unpaired) electrons. The molecule has 5 nitrogen and oxygen atoms in total. The molecule has 25 heavy (non-hydrogen) atoms. The van der Waals surface area contributed by atoms with E-state index in [2.05, 4.69) is 31.6 Å². The number of carbonyl (C=O) groups excluding carboxylic acids is 1. The number of amides is 1. The Morgan fingerprint density at radius 3 is 3.08 bits per heavy atom. The lowest BCUT2D eigenvalue weighted by atomic mass is 9.97. The monoisotopic (exact) mass is 354 g/mol. The molecule has 4 rings (SSSR count). The van der Waals surface area contributed by atoms with Gasteiger partial charge in [-0.25, -0.2) is 4.98 Å². The number of nitrogens with zero attached hydrogens (tertiary/aromatic N) is 2. The van der Waals surface area contributed by atoms with Crippen molar-refractivity contribution in [2.75, 3.05) is 24.5 Å². The lowest BCUT2D eigenvalue weighted by Crippen LogP contribution is -2.43. The van der Waals surface area contributed by atoms with E-state index in [1.54, 1.807) is 11.3 Å². The molecule has 1 amide bonds. The highest BCUT2D eigenvalue weighted by Gasteiger charge is 2.27. The van der Waals surface area contributed by atoms with Crippen LogP contribution in [0.1, 0.15) is 17.7 Å². The van der Waals surface area contributed by atoms with E-state index in [-0.39, 0.29) is 11.8 Å². The molecule has 0 aliphatic carbocycles. The van der Waals surface area contributed by atoms with Gasteiger partial charge < -0.3 is 15.2 Å². The van der Waals surface area contributed by atoms with Gasteiger partial charge >= 0.3 is 0 Å². The molecule has 1 saturated heterocycles. The molecule has 1 aliphatic rings. The standard InChI is InChI=1S/C19H22N4OS/c24-18(20-10-9-15-6-4-12-25-15)14-5-3-11-23(13-14)19-21-16-7-1-2-8-17(16)22-19/h1-2,4,6-8,12,14H,3,5,9-11,13H2,(H,20,24)(H,21,22). The summed E-state index contributed by atoms with van der Waals surface area (Å²) in [6.07, 6.45) is 2.87. The van der Waals surface area contributed by atoms with Crippen LogP contribution < -0.4 is 10.2 Å². The van der Waals surface area contributed by atoms with Crippen molar-refractivity contribution in [3.05, 3.63) is 46.7 Å². The fourth-order valence-corrected chi connectivity index (χ4v) is 4.09. The number of para-hydroxylation sites is 2. The van der Waals surface area contributed by atoms with E-state index in [9.17, 15) is 4.79 Å². The summed E-state index contributed by atoms with van der Waals surface area (Å²) >= 11 is 1.74. The zero-order chi connectivity index (χ0) is 17.1. The first-order chi connectivity index (χ1) is 12.3. The topological polar surface area (TPSA) is 61.0 Å². The van der Waals surface area contributed by atoms with Crippen LogP contribution in [0.15, 0.2) is 41.8 Å². The van der Waals surface area contributed by atoms with Crippen LogP contribution in [0.25, 0.3) is 11.0 Å². The van der Waals surface area contributed by atoms with Crippen molar-refractivity contribution < 1.29 is 4.79 Å². The summed E-state index contributed by atoms with van der Waals surface area (Å²) in [4.78, 5) is 24.1. The summed E-state index contributed by atoms with van der Waals surface area (Å²) in [6.45, 7) is 2.38. The van der Waals surface area contributed by atoms with Crippen molar-refractivity contribution in [2.45, 2.75) is 19.3 Å².